The normalized spacial score (nSPS) is 17.4. The molecule has 0 saturated heterocycles. The maximum atomic E-state index is 13.2. The number of benzene rings is 1. The number of hydrogen-bond donors (Lipinski definition) is 0. The number of aryl methyl sites for hydroxylation is 1. The van der Waals surface area contributed by atoms with Gasteiger partial charge in [0.2, 0.25) is 0 Å². The Morgan fingerprint density at radius 3 is 3.10 bits per heavy atom. The number of halogens is 1. The molecule has 104 valence electrons. The van der Waals surface area contributed by atoms with Crippen molar-refractivity contribution in [2.75, 3.05) is 6.54 Å². The predicted octanol–water partition coefficient (Wildman–Crippen LogP) is 4.10. The summed E-state index contributed by atoms with van der Waals surface area (Å²) in [6.07, 6.45) is 8.92. The summed E-state index contributed by atoms with van der Waals surface area (Å²) in [5.74, 6) is 0.447. The van der Waals surface area contributed by atoms with Gasteiger partial charge in [0.1, 0.15) is 11.3 Å². The van der Waals surface area contributed by atoms with Crippen molar-refractivity contribution in [3.63, 3.8) is 0 Å². The van der Waals surface area contributed by atoms with Crippen LogP contribution in [0.25, 0.3) is 16.7 Å². The van der Waals surface area contributed by atoms with E-state index in [0.29, 0.717) is 12.4 Å². The molecule has 0 spiro atoms. The van der Waals surface area contributed by atoms with E-state index in [-0.39, 0.29) is 5.83 Å². The molecule has 0 aliphatic carbocycles. The molecule has 0 atom stereocenters. The first-order valence-electron chi connectivity index (χ1n) is 6.80. The van der Waals surface area contributed by atoms with E-state index in [0.717, 1.165) is 27.9 Å². The molecule has 0 radical (unpaired) electrons. The summed E-state index contributed by atoms with van der Waals surface area (Å²) in [4.78, 5) is 6.19. The van der Waals surface area contributed by atoms with Crippen LogP contribution in [0.5, 0.6) is 0 Å². The highest BCUT2D eigenvalue weighted by atomic mass is 19.1. The third-order valence-corrected chi connectivity index (χ3v) is 3.66. The van der Waals surface area contributed by atoms with E-state index in [1.54, 1.807) is 6.08 Å². The van der Waals surface area contributed by atoms with Crippen LogP contribution in [0.15, 0.2) is 64.6 Å². The van der Waals surface area contributed by atoms with E-state index < -0.39 is 0 Å². The van der Waals surface area contributed by atoms with Crippen molar-refractivity contribution in [1.29, 1.82) is 0 Å². The number of nitrogens with zero attached hydrogens (tertiary/aromatic N) is 2. The molecule has 0 saturated carbocycles. The Morgan fingerprint density at radius 2 is 2.19 bits per heavy atom. The van der Waals surface area contributed by atoms with Crippen molar-refractivity contribution < 1.29 is 8.81 Å². The minimum atomic E-state index is -0.220. The summed E-state index contributed by atoms with van der Waals surface area (Å²) in [6, 6.07) is 5.99. The molecule has 2 aliphatic heterocycles. The van der Waals surface area contributed by atoms with E-state index in [9.17, 15) is 4.39 Å². The molecule has 2 aromatic rings. The molecular weight excluding hydrogens is 267 g/mol. The van der Waals surface area contributed by atoms with Gasteiger partial charge in [-0.15, -0.1) is 0 Å². The van der Waals surface area contributed by atoms with Gasteiger partial charge >= 0.3 is 0 Å². The van der Waals surface area contributed by atoms with Gasteiger partial charge in [-0.3, -0.25) is 0 Å². The summed E-state index contributed by atoms with van der Waals surface area (Å²) in [7, 11) is 0. The highest BCUT2D eigenvalue weighted by molar-refractivity contribution is 5.83. The maximum Gasteiger partial charge on any atom is 0.192 e. The van der Waals surface area contributed by atoms with Gasteiger partial charge in [0, 0.05) is 25.4 Å². The number of fused-ring (bicyclic) bond motifs is 2. The molecule has 1 aromatic carbocycles. The quantitative estimate of drug-likeness (QED) is 0.787. The molecule has 0 fully saturated rings. The zero-order valence-corrected chi connectivity index (χ0v) is 11.5. The molecule has 2 aliphatic rings. The summed E-state index contributed by atoms with van der Waals surface area (Å²) in [5.41, 5.74) is 4.83. The average molecular weight is 280 g/mol. The third-order valence-electron chi connectivity index (χ3n) is 3.66. The highest BCUT2D eigenvalue weighted by Crippen LogP contribution is 2.29. The third kappa shape index (κ3) is 2.09. The minimum absolute atomic E-state index is 0.220. The van der Waals surface area contributed by atoms with Crippen LogP contribution < -0.4 is 0 Å². The van der Waals surface area contributed by atoms with Gasteiger partial charge in [-0.25, -0.2) is 9.37 Å². The number of allylic oxidation sites excluding steroid dienone is 5. The SMILES string of the molecule is Cc1nc2ccc(C3=CCN4C=C(F)C=CC4=C3)cc2o1. The van der Waals surface area contributed by atoms with Crippen molar-refractivity contribution in [3.05, 3.63) is 71.7 Å². The van der Waals surface area contributed by atoms with Crippen LogP contribution in [0.3, 0.4) is 0 Å². The molecule has 4 heteroatoms. The Balaban J connectivity index is 1.73. The van der Waals surface area contributed by atoms with Gasteiger partial charge in [-0.05, 0) is 41.5 Å². The first-order valence-corrected chi connectivity index (χ1v) is 6.80. The zero-order valence-electron chi connectivity index (χ0n) is 11.5. The van der Waals surface area contributed by atoms with Gasteiger partial charge < -0.3 is 9.32 Å². The number of rotatable bonds is 1. The first kappa shape index (κ1) is 12.1. The molecule has 4 rings (SSSR count). The predicted molar refractivity (Wildman–Crippen MR) is 79.8 cm³/mol. The van der Waals surface area contributed by atoms with E-state index in [2.05, 4.69) is 11.1 Å². The molecule has 3 heterocycles. The fourth-order valence-electron chi connectivity index (χ4n) is 2.65. The summed E-state index contributed by atoms with van der Waals surface area (Å²) < 4.78 is 18.8. The Hall–Kier alpha value is -2.62. The molecule has 0 unspecified atom stereocenters. The second-order valence-corrected chi connectivity index (χ2v) is 5.14. The van der Waals surface area contributed by atoms with Crippen molar-refractivity contribution in [3.8, 4) is 0 Å². The van der Waals surface area contributed by atoms with Gasteiger partial charge in [-0.1, -0.05) is 12.1 Å². The van der Waals surface area contributed by atoms with Gasteiger partial charge in [-0.2, -0.15) is 0 Å². The lowest BCUT2D eigenvalue weighted by Crippen LogP contribution is -2.21. The monoisotopic (exact) mass is 280 g/mol. The van der Waals surface area contributed by atoms with E-state index in [1.165, 1.54) is 12.3 Å². The average Bonchev–Trinajstić information content (AvgIpc) is 2.85. The van der Waals surface area contributed by atoms with Crippen LogP contribution in [0.4, 0.5) is 4.39 Å². The van der Waals surface area contributed by atoms with Crippen LogP contribution in [-0.2, 0) is 0 Å². The summed E-state index contributed by atoms with van der Waals surface area (Å²) >= 11 is 0. The Labute approximate surface area is 121 Å². The van der Waals surface area contributed by atoms with Gasteiger partial charge in [0.05, 0.1) is 0 Å². The number of hydrogen-bond acceptors (Lipinski definition) is 3. The maximum absolute atomic E-state index is 13.2. The molecular formula is C17H13FN2O. The summed E-state index contributed by atoms with van der Waals surface area (Å²) in [5, 5.41) is 0. The first-order chi connectivity index (χ1) is 10.2. The van der Waals surface area contributed by atoms with Gasteiger partial charge in [0.25, 0.3) is 0 Å². The molecule has 0 amide bonds. The molecule has 0 N–H and O–H groups in total. The topological polar surface area (TPSA) is 29.3 Å². The lowest BCUT2D eigenvalue weighted by Gasteiger charge is -2.27. The molecule has 21 heavy (non-hydrogen) atoms. The Bertz CT molecular complexity index is 855. The smallest absolute Gasteiger partial charge is 0.192 e. The number of oxazole rings is 1. The molecule has 3 nitrogen and oxygen atoms in total. The standard InChI is InChI=1S/C17H13FN2O/c1-11-19-16-5-2-12(9-17(16)21-11)13-6-7-20-10-14(18)3-4-15(20)8-13/h2-6,8-10H,7H2,1H3. The summed E-state index contributed by atoms with van der Waals surface area (Å²) in [6.45, 7) is 2.50. The van der Waals surface area contributed by atoms with Crippen LogP contribution in [0.2, 0.25) is 0 Å². The van der Waals surface area contributed by atoms with Crippen LogP contribution in [0, 0.1) is 6.92 Å². The lowest BCUT2D eigenvalue weighted by atomic mass is 10.0. The van der Waals surface area contributed by atoms with Crippen molar-refractivity contribution in [2.24, 2.45) is 0 Å². The van der Waals surface area contributed by atoms with Crippen LogP contribution in [-0.4, -0.2) is 16.4 Å². The molecule has 1 aromatic heterocycles. The van der Waals surface area contributed by atoms with Crippen molar-refractivity contribution in [1.82, 2.24) is 9.88 Å². The minimum Gasteiger partial charge on any atom is -0.441 e. The largest absolute Gasteiger partial charge is 0.441 e. The number of aromatic nitrogens is 1. The Kier molecular flexibility index (Phi) is 2.57. The second kappa shape index (κ2) is 4.45. The fraction of sp³-hybridized carbons (Fsp3) is 0.118. The van der Waals surface area contributed by atoms with E-state index in [4.69, 9.17) is 4.42 Å². The fourth-order valence-corrected chi connectivity index (χ4v) is 2.65. The highest BCUT2D eigenvalue weighted by Gasteiger charge is 2.15. The lowest BCUT2D eigenvalue weighted by molar-refractivity contribution is 0.494. The van der Waals surface area contributed by atoms with Crippen molar-refractivity contribution in [2.45, 2.75) is 6.92 Å². The molecule has 0 bridgehead atoms. The Morgan fingerprint density at radius 1 is 1.29 bits per heavy atom. The van der Waals surface area contributed by atoms with Crippen molar-refractivity contribution >= 4 is 16.7 Å². The zero-order chi connectivity index (χ0) is 14.4. The van der Waals surface area contributed by atoms with Crippen LogP contribution >= 0.6 is 0 Å². The van der Waals surface area contributed by atoms with Gasteiger partial charge in [0.15, 0.2) is 11.5 Å². The second-order valence-electron chi connectivity index (χ2n) is 5.14. The van der Waals surface area contributed by atoms with Crippen LogP contribution in [0.1, 0.15) is 11.5 Å². The van der Waals surface area contributed by atoms with E-state index >= 15 is 0 Å². The van der Waals surface area contributed by atoms with E-state index in [1.807, 2.05) is 36.1 Å².